The number of aromatic nitrogens is 1. The third-order valence-electron chi connectivity index (χ3n) is 4.26. The van der Waals surface area contributed by atoms with Crippen LogP contribution in [0.2, 0.25) is 0 Å². The quantitative estimate of drug-likeness (QED) is 0.411. The molecule has 1 aromatic heterocycles. The first-order chi connectivity index (χ1) is 10.5. The summed E-state index contributed by atoms with van der Waals surface area (Å²) in [6.45, 7) is 11.9. The van der Waals surface area contributed by atoms with Crippen molar-refractivity contribution < 1.29 is 0 Å². The van der Waals surface area contributed by atoms with Crippen molar-refractivity contribution in [3.8, 4) is 0 Å². The van der Waals surface area contributed by atoms with Gasteiger partial charge in [0.25, 0.3) is 0 Å². The number of aryl methyl sites for hydroxylation is 1. The van der Waals surface area contributed by atoms with Gasteiger partial charge >= 0.3 is 0 Å². The van der Waals surface area contributed by atoms with Crippen molar-refractivity contribution in [2.24, 2.45) is 10.9 Å². The number of hydrogen-bond donors (Lipinski definition) is 2. The SMILES string of the molecule is CCc1nc(CNC(=NC)NC2CN(C(C)C)CC2C)cs1.I. The summed E-state index contributed by atoms with van der Waals surface area (Å²) < 4.78 is 0. The van der Waals surface area contributed by atoms with Crippen LogP contribution in [0.15, 0.2) is 10.4 Å². The summed E-state index contributed by atoms with van der Waals surface area (Å²) in [7, 11) is 1.83. The Labute approximate surface area is 161 Å². The van der Waals surface area contributed by atoms with Crippen LogP contribution in [-0.4, -0.2) is 48.1 Å². The van der Waals surface area contributed by atoms with Gasteiger partial charge in [0, 0.05) is 37.6 Å². The summed E-state index contributed by atoms with van der Waals surface area (Å²) in [6.07, 6.45) is 1.00. The largest absolute Gasteiger partial charge is 0.352 e. The lowest BCUT2D eigenvalue weighted by atomic mass is 10.1. The number of aliphatic imine (C=N–C) groups is 1. The number of guanidine groups is 1. The highest BCUT2D eigenvalue weighted by atomic mass is 127. The third kappa shape index (κ3) is 5.86. The van der Waals surface area contributed by atoms with Gasteiger partial charge in [0.2, 0.25) is 0 Å². The topological polar surface area (TPSA) is 52.6 Å². The van der Waals surface area contributed by atoms with E-state index in [4.69, 9.17) is 0 Å². The summed E-state index contributed by atoms with van der Waals surface area (Å²) in [6, 6.07) is 1.06. The molecule has 132 valence electrons. The predicted octanol–water partition coefficient (Wildman–Crippen LogP) is 2.72. The summed E-state index contributed by atoms with van der Waals surface area (Å²) in [5, 5.41) is 10.3. The zero-order valence-corrected chi connectivity index (χ0v) is 17.9. The van der Waals surface area contributed by atoms with E-state index in [0.29, 0.717) is 18.0 Å². The molecule has 2 N–H and O–H groups in total. The minimum atomic E-state index is 0. The second kappa shape index (κ2) is 9.78. The summed E-state index contributed by atoms with van der Waals surface area (Å²) >= 11 is 1.73. The van der Waals surface area contributed by atoms with Crippen LogP contribution >= 0.6 is 35.3 Å². The minimum Gasteiger partial charge on any atom is -0.352 e. The number of hydrogen-bond acceptors (Lipinski definition) is 4. The first kappa shape index (κ1) is 20.6. The summed E-state index contributed by atoms with van der Waals surface area (Å²) in [4.78, 5) is 11.4. The fraction of sp³-hybridized carbons (Fsp3) is 0.750. The lowest BCUT2D eigenvalue weighted by molar-refractivity contribution is 0.265. The second-order valence-electron chi connectivity index (χ2n) is 6.29. The highest BCUT2D eigenvalue weighted by molar-refractivity contribution is 14.0. The molecular formula is C16H30IN5S. The van der Waals surface area contributed by atoms with Gasteiger partial charge in [0.1, 0.15) is 0 Å². The third-order valence-corrected chi connectivity index (χ3v) is 5.30. The van der Waals surface area contributed by atoms with Gasteiger partial charge in [-0.15, -0.1) is 35.3 Å². The maximum Gasteiger partial charge on any atom is 0.191 e. The van der Waals surface area contributed by atoms with Crippen molar-refractivity contribution in [3.05, 3.63) is 16.1 Å². The van der Waals surface area contributed by atoms with E-state index in [1.807, 2.05) is 7.05 Å². The fourth-order valence-corrected chi connectivity index (χ4v) is 3.50. The number of halogens is 1. The Hall–Kier alpha value is -0.410. The number of thiazole rings is 1. The Morgan fingerprint density at radius 1 is 1.48 bits per heavy atom. The van der Waals surface area contributed by atoms with Crippen LogP contribution in [0.4, 0.5) is 0 Å². The number of nitrogens with zero attached hydrogens (tertiary/aromatic N) is 3. The zero-order valence-electron chi connectivity index (χ0n) is 14.8. The Morgan fingerprint density at radius 2 is 2.22 bits per heavy atom. The molecule has 2 unspecified atom stereocenters. The molecule has 0 radical (unpaired) electrons. The molecule has 1 aromatic rings. The lowest BCUT2D eigenvalue weighted by Crippen LogP contribution is -2.46. The first-order valence-electron chi connectivity index (χ1n) is 8.18. The van der Waals surface area contributed by atoms with Gasteiger partial charge in [-0.3, -0.25) is 9.89 Å². The molecule has 0 bridgehead atoms. The summed E-state index contributed by atoms with van der Waals surface area (Å²) in [5.74, 6) is 1.50. The van der Waals surface area contributed by atoms with Crippen molar-refractivity contribution in [1.29, 1.82) is 0 Å². The maximum atomic E-state index is 4.58. The molecular weight excluding hydrogens is 421 g/mol. The normalized spacial score (nSPS) is 22.3. The Morgan fingerprint density at radius 3 is 2.74 bits per heavy atom. The average molecular weight is 451 g/mol. The molecule has 7 heteroatoms. The zero-order chi connectivity index (χ0) is 16.1. The standard InChI is InChI=1S/C16H29N5S.HI/c1-6-15-19-13(10-22-15)7-18-16(17-5)20-14-9-21(11(2)3)8-12(14)4;/h10-12,14H,6-9H2,1-5H3,(H2,17,18,20);1H. The number of rotatable bonds is 5. The first-order valence-corrected chi connectivity index (χ1v) is 9.06. The van der Waals surface area contributed by atoms with E-state index in [-0.39, 0.29) is 24.0 Å². The second-order valence-corrected chi connectivity index (χ2v) is 7.23. The van der Waals surface area contributed by atoms with E-state index in [2.05, 4.69) is 58.6 Å². The van der Waals surface area contributed by atoms with E-state index in [0.717, 1.165) is 37.7 Å². The van der Waals surface area contributed by atoms with Crippen LogP contribution in [0.3, 0.4) is 0 Å². The van der Waals surface area contributed by atoms with Gasteiger partial charge in [-0.2, -0.15) is 0 Å². The van der Waals surface area contributed by atoms with E-state index >= 15 is 0 Å². The van der Waals surface area contributed by atoms with Crippen molar-refractivity contribution in [2.45, 2.75) is 52.7 Å². The predicted molar refractivity (Wildman–Crippen MR) is 110 cm³/mol. The molecule has 2 heterocycles. The average Bonchev–Trinajstić information content (AvgIpc) is 3.10. The Kier molecular flexibility index (Phi) is 8.78. The molecule has 0 saturated carbocycles. The van der Waals surface area contributed by atoms with Gasteiger partial charge in [0.05, 0.1) is 17.2 Å². The number of nitrogens with one attached hydrogen (secondary N) is 2. The molecule has 23 heavy (non-hydrogen) atoms. The highest BCUT2D eigenvalue weighted by Gasteiger charge is 2.31. The van der Waals surface area contributed by atoms with Crippen molar-refractivity contribution in [2.75, 3.05) is 20.1 Å². The minimum absolute atomic E-state index is 0. The molecule has 0 spiro atoms. The van der Waals surface area contributed by atoms with E-state index in [1.165, 1.54) is 5.01 Å². The lowest BCUT2D eigenvalue weighted by Gasteiger charge is -2.21. The molecule has 1 aliphatic rings. The maximum absolute atomic E-state index is 4.58. The van der Waals surface area contributed by atoms with Crippen LogP contribution in [0.1, 0.15) is 38.4 Å². The molecule has 5 nitrogen and oxygen atoms in total. The van der Waals surface area contributed by atoms with Crippen molar-refractivity contribution >= 4 is 41.3 Å². The van der Waals surface area contributed by atoms with Gasteiger partial charge in [0.15, 0.2) is 5.96 Å². The molecule has 2 atom stereocenters. The van der Waals surface area contributed by atoms with Crippen LogP contribution in [0.25, 0.3) is 0 Å². The fourth-order valence-electron chi connectivity index (χ4n) is 2.75. The number of likely N-dealkylation sites (tertiary alicyclic amines) is 1. The monoisotopic (exact) mass is 451 g/mol. The van der Waals surface area contributed by atoms with Crippen LogP contribution in [-0.2, 0) is 13.0 Å². The van der Waals surface area contributed by atoms with Crippen LogP contribution in [0, 0.1) is 5.92 Å². The van der Waals surface area contributed by atoms with Crippen molar-refractivity contribution in [3.63, 3.8) is 0 Å². The molecule has 2 rings (SSSR count). The van der Waals surface area contributed by atoms with Gasteiger partial charge in [-0.25, -0.2) is 4.98 Å². The molecule has 0 amide bonds. The molecule has 1 saturated heterocycles. The van der Waals surface area contributed by atoms with Gasteiger partial charge in [-0.05, 0) is 26.2 Å². The smallest absolute Gasteiger partial charge is 0.191 e. The van der Waals surface area contributed by atoms with E-state index < -0.39 is 0 Å². The van der Waals surface area contributed by atoms with E-state index in [9.17, 15) is 0 Å². The molecule has 0 aromatic carbocycles. The van der Waals surface area contributed by atoms with Crippen molar-refractivity contribution in [1.82, 2.24) is 20.5 Å². The van der Waals surface area contributed by atoms with Crippen LogP contribution in [0.5, 0.6) is 0 Å². The summed E-state index contributed by atoms with van der Waals surface area (Å²) in [5.41, 5.74) is 1.09. The Balaban J connectivity index is 0.00000264. The van der Waals surface area contributed by atoms with Crippen LogP contribution < -0.4 is 10.6 Å². The molecule has 1 aliphatic heterocycles. The van der Waals surface area contributed by atoms with E-state index in [1.54, 1.807) is 11.3 Å². The van der Waals surface area contributed by atoms with Gasteiger partial charge in [-0.1, -0.05) is 13.8 Å². The Bertz CT molecular complexity index is 502. The molecule has 0 aliphatic carbocycles. The molecule has 1 fully saturated rings. The van der Waals surface area contributed by atoms with Gasteiger partial charge < -0.3 is 10.6 Å². The highest BCUT2D eigenvalue weighted by Crippen LogP contribution is 2.18.